The van der Waals surface area contributed by atoms with E-state index < -0.39 is 9.52 Å². The van der Waals surface area contributed by atoms with Crippen molar-refractivity contribution in [3.63, 3.8) is 0 Å². The Bertz CT molecular complexity index is 984. The molecule has 26 heavy (non-hydrogen) atoms. The summed E-state index contributed by atoms with van der Waals surface area (Å²) in [6.07, 6.45) is 2.45. The van der Waals surface area contributed by atoms with Crippen LogP contribution in [0.5, 0.6) is 5.75 Å². The molecular formula is C19H19ClN2O3S. The highest BCUT2D eigenvalue weighted by atomic mass is 35.5. The van der Waals surface area contributed by atoms with Crippen LogP contribution < -0.4 is 15.8 Å². The molecule has 0 bridgehead atoms. The number of hydrogen-bond acceptors (Lipinski definition) is 4. The number of rotatable bonds is 6. The molecule has 1 aliphatic heterocycles. The van der Waals surface area contributed by atoms with Gasteiger partial charge in [0.2, 0.25) is 0 Å². The summed E-state index contributed by atoms with van der Waals surface area (Å²) in [4.78, 5) is 13.3. The van der Waals surface area contributed by atoms with E-state index in [2.05, 4.69) is 11.2 Å². The smallest absolute Gasteiger partial charge is 0.259 e. The molecule has 136 valence electrons. The van der Waals surface area contributed by atoms with Crippen molar-refractivity contribution in [1.29, 1.82) is 0 Å². The van der Waals surface area contributed by atoms with Crippen molar-refractivity contribution in [3.05, 3.63) is 58.0 Å². The molecule has 3 N–H and O–H groups in total. The largest absolute Gasteiger partial charge is 0.493 e. The Morgan fingerprint density at radius 3 is 2.85 bits per heavy atom. The number of amides is 1. The minimum Gasteiger partial charge on any atom is -0.493 e. The highest BCUT2D eigenvalue weighted by Crippen LogP contribution is 2.30. The van der Waals surface area contributed by atoms with Gasteiger partial charge in [0.25, 0.3) is 5.91 Å². The van der Waals surface area contributed by atoms with Gasteiger partial charge in [-0.1, -0.05) is 17.7 Å². The zero-order valence-electron chi connectivity index (χ0n) is 14.0. The first-order valence-electron chi connectivity index (χ1n) is 8.04. The van der Waals surface area contributed by atoms with Crippen molar-refractivity contribution in [2.75, 3.05) is 18.5 Å². The lowest BCUT2D eigenvalue weighted by Crippen LogP contribution is -2.15. The quantitative estimate of drug-likeness (QED) is 0.585. The van der Waals surface area contributed by atoms with Gasteiger partial charge in [0.15, 0.2) is 0 Å². The number of nitrogens with one attached hydrogen (secondary N) is 1. The number of carbonyl (C=O) groups excluding carboxylic acids is 1. The molecule has 2 aromatic carbocycles. The van der Waals surface area contributed by atoms with Crippen LogP contribution in [-0.4, -0.2) is 29.1 Å². The first kappa shape index (κ1) is 18.5. The Kier molecular flexibility index (Phi) is 5.36. The second kappa shape index (κ2) is 7.53. The summed E-state index contributed by atoms with van der Waals surface area (Å²) in [6.45, 7) is 0.912. The van der Waals surface area contributed by atoms with Gasteiger partial charge in [-0.2, -0.15) is 0 Å². The predicted octanol–water partition coefficient (Wildman–Crippen LogP) is 3.38. The Hall–Kier alpha value is -2.28. The normalized spacial score (nSPS) is 17.8. The first-order valence-corrected chi connectivity index (χ1v) is 10.2. The van der Waals surface area contributed by atoms with E-state index in [4.69, 9.17) is 22.1 Å². The fourth-order valence-electron chi connectivity index (χ4n) is 2.57. The number of ether oxygens (including phenoxy) is 1. The van der Waals surface area contributed by atoms with E-state index in [1.54, 1.807) is 47.9 Å². The molecule has 5 nitrogen and oxygen atoms in total. The molecule has 0 saturated heterocycles. The topological polar surface area (TPSA) is 81.4 Å². The van der Waals surface area contributed by atoms with E-state index in [1.807, 2.05) is 0 Å². The second-order valence-electron chi connectivity index (χ2n) is 5.87. The number of benzene rings is 2. The van der Waals surface area contributed by atoms with E-state index in [-0.39, 0.29) is 5.91 Å². The Labute approximate surface area is 157 Å². The lowest BCUT2D eigenvalue weighted by molar-refractivity contribution is 0.102. The van der Waals surface area contributed by atoms with Crippen LogP contribution in [0.3, 0.4) is 0 Å². The average Bonchev–Trinajstić information content (AvgIpc) is 2.91. The summed E-state index contributed by atoms with van der Waals surface area (Å²) in [5.74, 6) is 3.81. The number of nitrogens with two attached hydrogens (primary N) is 1. The highest BCUT2D eigenvalue weighted by molar-refractivity contribution is 8.03. The van der Waals surface area contributed by atoms with Crippen LogP contribution in [0.1, 0.15) is 22.3 Å². The number of carbonyl (C=O) groups is 1. The molecule has 0 saturated carbocycles. The van der Waals surface area contributed by atoms with Crippen molar-refractivity contribution < 1.29 is 13.7 Å². The molecular weight excluding hydrogens is 372 g/mol. The second-order valence-corrected chi connectivity index (χ2v) is 8.47. The van der Waals surface area contributed by atoms with Crippen molar-refractivity contribution in [2.45, 2.75) is 11.3 Å². The zero-order valence-corrected chi connectivity index (χ0v) is 15.6. The predicted molar refractivity (Wildman–Crippen MR) is 108 cm³/mol. The molecule has 0 aromatic heterocycles. The maximum atomic E-state index is 12.7. The van der Waals surface area contributed by atoms with Gasteiger partial charge in [-0.3, -0.25) is 9.00 Å². The van der Waals surface area contributed by atoms with Gasteiger partial charge in [-0.25, -0.2) is 0 Å². The summed E-state index contributed by atoms with van der Waals surface area (Å²) < 4.78 is 18.0. The van der Waals surface area contributed by atoms with Crippen LogP contribution >= 0.6 is 11.6 Å². The Balaban J connectivity index is 1.84. The summed E-state index contributed by atoms with van der Waals surface area (Å²) in [6, 6.07) is 10.1. The molecule has 2 aromatic rings. The highest BCUT2D eigenvalue weighted by Gasteiger charge is 2.18. The van der Waals surface area contributed by atoms with E-state index in [1.165, 1.54) is 0 Å². The van der Waals surface area contributed by atoms with E-state index in [9.17, 15) is 9.00 Å². The van der Waals surface area contributed by atoms with Crippen LogP contribution in [0.4, 0.5) is 5.69 Å². The molecule has 1 unspecified atom stereocenters. The molecule has 1 atom stereocenters. The SMILES string of the molecule is C=S1(=O)C=Cc2ccc(NC(=O)c3cc(Cl)ccc3OCCCN)cc21. The van der Waals surface area contributed by atoms with Crippen LogP contribution in [0.15, 0.2) is 46.7 Å². The van der Waals surface area contributed by atoms with Crippen LogP contribution in [0, 0.1) is 0 Å². The third kappa shape index (κ3) is 3.93. The van der Waals surface area contributed by atoms with E-state index in [0.717, 1.165) is 5.56 Å². The monoisotopic (exact) mass is 390 g/mol. The van der Waals surface area contributed by atoms with E-state index in [0.29, 0.717) is 46.5 Å². The zero-order chi connectivity index (χ0) is 18.7. The minimum absolute atomic E-state index is 0.323. The lowest BCUT2D eigenvalue weighted by atomic mass is 10.1. The summed E-state index contributed by atoms with van der Waals surface area (Å²) in [7, 11) is -2.45. The van der Waals surface area contributed by atoms with E-state index >= 15 is 0 Å². The van der Waals surface area contributed by atoms with Gasteiger partial charge in [0, 0.05) is 25.1 Å². The van der Waals surface area contributed by atoms with Crippen LogP contribution in [0.25, 0.3) is 6.08 Å². The molecule has 1 heterocycles. The first-order chi connectivity index (χ1) is 12.4. The van der Waals surface area contributed by atoms with Crippen molar-refractivity contribution >= 4 is 44.7 Å². The third-order valence-electron chi connectivity index (χ3n) is 3.90. The maximum Gasteiger partial charge on any atom is 0.259 e. The van der Waals surface area contributed by atoms with Gasteiger partial charge in [-0.15, -0.1) is 0 Å². The number of hydrogen-bond donors (Lipinski definition) is 2. The maximum absolute atomic E-state index is 12.7. The van der Waals surface area contributed by atoms with Gasteiger partial charge >= 0.3 is 0 Å². The molecule has 0 radical (unpaired) electrons. The molecule has 0 spiro atoms. The molecule has 3 rings (SSSR count). The summed E-state index contributed by atoms with van der Waals surface area (Å²) in [5.41, 5.74) is 7.17. The fraction of sp³-hybridized carbons (Fsp3) is 0.158. The Morgan fingerprint density at radius 2 is 2.08 bits per heavy atom. The number of fused-ring (bicyclic) bond motifs is 1. The Morgan fingerprint density at radius 1 is 1.27 bits per heavy atom. The fourth-order valence-corrected chi connectivity index (χ4v) is 4.12. The van der Waals surface area contributed by atoms with Crippen molar-refractivity contribution in [2.24, 2.45) is 5.73 Å². The standard InChI is InChI=1S/C19H19ClN2O3S/c1-26(24)10-7-13-3-5-15(12-18(13)26)22-19(23)16-11-14(20)4-6-17(16)25-9-2-8-21/h3-7,10-12H,1-2,8-9,21H2,(H,22,23). The third-order valence-corrected chi connectivity index (χ3v) is 5.81. The lowest BCUT2D eigenvalue weighted by Gasteiger charge is -2.13. The van der Waals surface area contributed by atoms with Crippen LogP contribution in [-0.2, 0) is 9.52 Å². The number of anilines is 1. The summed E-state index contributed by atoms with van der Waals surface area (Å²) in [5, 5.41) is 4.82. The summed E-state index contributed by atoms with van der Waals surface area (Å²) >= 11 is 6.03. The van der Waals surface area contributed by atoms with Crippen LogP contribution in [0.2, 0.25) is 5.02 Å². The molecule has 7 heteroatoms. The van der Waals surface area contributed by atoms with Crippen molar-refractivity contribution in [3.8, 4) is 5.75 Å². The molecule has 0 aliphatic carbocycles. The molecule has 0 fully saturated rings. The van der Waals surface area contributed by atoms with Gasteiger partial charge in [0.1, 0.15) is 5.75 Å². The molecule has 1 aliphatic rings. The van der Waals surface area contributed by atoms with Crippen molar-refractivity contribution in [1.82, 2.24) is 0 Å². The minimum atomic E-state index is -2.45. The van der Waals surface area contributed by atoms with Gasteiger partial charge < -0.3 is 15.8 Å². The molecule has 1 amide bonds. The number of halogens is 1. The van der Waals surface area contributed by atoms with Gasteiger partial charge in [-0.05, 0) is 66.2 Å². The average molecular weight is 391 g/mol. The van der Waals surface area contributed by atoms with Gasteiger partial charge in [0.05, 0.1) is 12.2 Å².